The van der Waals surface area contributed by atoms with Gasteiger partial charge in [0.25, 0.3) is 5.91 Å². The van der Waals surface area contributed by atoms with Gasteiger partial charge in [-0.2, -0.15) is 0 Å². The average Bonchev–Trinajstić information content (AvgIpc) is 3.03. The first-order valence-electron chi connectivity index (χ1n) is 7.68. The maximum absolute atomic E-state index is 12.2. The van der Waals surface area contributed by atoms with Crippen molar-refractivity contribution in [3.05, 3.63) is 36.4 Å². The van der Waals surface area contributed by atoms with Crippen LogP contribution in [0.5, 0.6) is 0 Å². The number of amides is 3. The molecular weight excluding hydrogens is 322 g/mol. The standard InChI is InChI=1S/C16H17N7O2/c1-3-20-16(25)23-15-21-12-5-9(10-6-18-8-19-7-10)4-11(13(12)22-15)14(24)17-2/h4-8H,3H2,1-2H3,(H,17,24)(H3,20,21,22,23,25). The summed E-state index contributed by atoms with van der Waals surface area (Å²) in [5.41, 5.74) is 3.00. The summed E-state index contributed by atoms with van der Waals surface area (Å²) in [6.07, 6.45) is 4.75. The summed E-state index contributed by atoms with van der Waals surface area (Å²) in [7, 11) is 1.55. The van der Waals surface area contributed by atoms with Gasteiger partial charge in [-0.3, -0.25) is 10.1 Å². The highest BCUT2D eigenvalue weighted by Crippen LogP contribution is 2.27. The number of carbonyl (C=O) groups excluding carboxylic acids is 2. The predicted molar refractivity (Wildman–Crippen MR) is 93.2 cm³/mol. The van der Waals surface area contributed by atoms with Gasteiger partial charge in [0.1, 0.15) is 11.8 Å². The van der Waals surface area contributed by atoms with Crippen molar-refractivity contribution in [2.24, 2.45) is 0 Å². The molecule has 0 saturated heterocycles. The molecule has 25 heavy (non-hydrogen) atoms. The molecule has 9 nitrogen and oxygen atoms in total. The van der Waals surface area contributed by atoms with Gasteiger partial charge in [0.15, 0.2) is 0 Å². The van der Waals surface area contributed by atoms with Gasteiger partial charge in [0, 0.05) is 31.5 Å². The van der Waals surface area contributed by atoms with Crippen LogP contribution >= 0.6 is 0 Å². The van der Waals surface area contributed by atoms with Crippen LogP contribution in [0.3, 0.4) is 0 Å². The number of carbonyl (C=O) groups is 2. The monoisotopic (exact) mass is 339 g/mol. The molecule has 0 aliphatic carbocycles. The minimum atomic E-state index is -0.375. The second kappa shape index (κ2) is 6.95. The second-order valence-electron chi connectivity index (χ2n) is 5.20. The van der Waals surface area contributed by atoms with Crippen LogP contribution in [-0.4, -0.2) is 45.5 Å². The number of imidazole rings is 1. The van der Waals surface area contributed by atoms with Crippen molar-refractivity contribution in [2.45, 2.75) is 6.92 Å². The molecule has 0 aliphatic rings. The second-order valence-corrected chi connectivity index (χ2v) is 5.20. The van der Waals surface area contributed by atoms with E-state index in [1.54, 1.807) is 25.5 Å². The number of fused-ring (bicyclic) bond motifs is 1. The Bertz CT molecular complexity index is 921. The zero-order valence-electron chi connectivity index (χ0n) is 13.8. The molecule has 0 saturated carbocycles. The van der Waals surface area contributed by atoms with Gasteiger partial charge in [-0.15, -0.1) is 0 Å². The summed E-state index contributed by atoms with van der Waals surface area (Å²) in [4.78, 5) is 39.2. The number of benzene rings is 1. The molecule has 3 rings (SSSR count). The van der Waals surface area contributed by atoms with Crippen molar-refractivity contribution in [1.29, 1.82) is 0 Å². The number of aromatic amines is 1. The Balaban J connectivity index is 2.10. The lowest BCUT2D eigenvalue weighted by molar-refractivity contribution is 0.0964. The molecule has 0 radical (unpaired) electrons. The lowest BCUT2D eigenvalue weighted by Crippen LogP contribution is -2.28. The number of rotatable bonds is 4. The fourth-order valence-corrected chi connectivity index (χ4v) is 2.41. The third kappa shape index (κ3) is 3.39. The Hall–Kier alpha value is -3.49. The summed E-state index contributed by atoms with van der Waals surface area (Å²) in [5.74, 6) is -0.0210. The van der Waals surface area contributed by atoms with E-state index in [1.807, 2.05) is 13.0 Å². The van der Waals surface area contributed by atoms with E-state index in [1.165, 1.54) is 6.33 Å². The van der Waals surface area contributed by atoms with Crippen molar-refractivity contribution < 1.29 is 9.59 Å². The fourth-order valence-electron chi connectivity index (χ4n) is 2.41. The van der Waals surface area contributed by atoms with Crippen molar-refractivity contribution in [3.8, 4) is 11.1 Å². The first kappa shape index (κ1) is 16.4. The van der Waals surface area contributed by atoms with Gasteiger partial charge in [-0.05, 0) is 24.6 Å². The molecule has 0 atom stereocenters. The highest BCUT2D eigenvalue weighted by Gasteiger charge is 2.16. The Morgan fingerprint density at radius 2 is 1.92 bits per heavy atom. The number of H-pyrrole nitrogens is 1. The van der Waals surface area contributed by atoms with E-state index < -0.39 is 0 Å². The highest BCUT2D eigenvalue weighted by atomic mass is 16.2. The van der Waals surface area contributed by atoms with Crippen molar-refractivity contribution in [2.75, 3.05) is 18.9 Å². The SMILES string of the molecule is CCNC(=O)Nc1nc2c(C(=O)NC)cc(-c3cncnc3)cc2[nH]1. The van der Waals surface area contributed by atoms with Gasteiger partial charge in [-0.1, -0.05) is 0 Å². The van der Waals surface area contributed by atoms with Crippen LogP contribution in [0.2, 0.25) is 0 Å². The highest BCUT2D eigenvalue weighted by molar-refractivity contribution is 6.07. The van der Waals surface area contributed by atoms with E-state index in [-0.39, 0.29) is 17.9 Å². The van der Waals surface area contributed by atoms with Gasteiger partial charge in [0.05, 0.1) is 11.1 Å². The van der Waals surface area contributed by atoms with Crippen LogP contribution < -0.4 is 16.0 Å². The van der Waals surface area contributed by atoms with E-state index in [4.69, 9.17) is 0 Å². The van der Waals surface area contributed by atoms with E-state index in [0.29, 0.717) is 23.1 Å². The van der Waals surface area contributed by atoms with Crippen molar-refractivity contribution >= 4 is 28.9 Å². The lowest BCUT2D eigenvalue weighted by Gasteiger charge is -2.05. The molecule has 2 heterocycles. The molecule has 0 fully saturated rings. The molecule has 0 bridgehead atoms. The molecule has 4 N–H and O–H groups in total. The topological polar surface area (TPSA) is 125 Å². The van der Waals surface area contributed by atoms with Crippen LogP contribution in [0, 0.1) is 0 Å². The predicted octanol–water partition coefficient (Wildman–Crippen LogP) is 1.52. The average molecular weight is 339 g/mol. The van der Waals surface area contributed by atoms with Crippen LogP contribution in [-0.2, 0) is 0 Å². The van der Waals surface area contributed by atoms with Crippen LogP contribution in [0.4, 0.5) is 10.7 Å². The minimum absolute atomic E-state index is 0.257. The van der Waals surface area contributed by atoms with Crippen molar-refractivity contribution in [3.63, 3.8) is 0 Å². The van der Waals surface area contributed by atoms with Gasteiger partial charge in [-0.25, -0.2) is 19.7 Å². The van der Waals surface area contributed by atoms with E-state index in [9.17, 15) is 9.59 Å². The van der Waals surface area contributed by atoms with Gasteiger partial charge < -0.3 is 15.6 Å². The normalized spacial score (nSPS) is 10.5. The molecule has 0 unspecified atom stereocenters. The Morgan fingerprint density at radius 3 is 2.60 bits per heavy atom. The molecule has 0 spiro atoms. The molecule has 3 amide bonds. The molecule has 0 aliphatic heterocycles. The largest absolute Gasteiger partial charge is 0.355 e. The third-order valence-electron chi connectivity index (χ3n) is 3.52. The molecule has 3 aromatic rings. The van der Waals surface area contributed by atoms with Gasteiger partial charge >= 0.3 is 6.03 Å². The quantitative estimate of drug-likeness (QED) is 0.573. The zero-order chi connectivity index (χ0) is 17.8. The number of hydrogen-bond donors (Lipinski definition) is 4. The maximum Gasteiger partial charge on any atom is 0.321 e. The minimum Gasteiger partial charge on any atom is -0.355 e. The van der Waals surface area contributed by atoms with E-state index >= 15 is 0 Å². The number of nitrogens with one attached hydrogen (secondary N) is 4. The van der Waals surface area contributed by atoms with E-state index in [0.717, 1.165) is 11.1 Å². The molecular formula is C16H17N7O2. The third-order valence-corrected chi connectivity index (χ3v) is 3.52. The molecule has 2 aromatic heterocycles. The fraction of sp³-hybridized carbons (Fsp3) is 0.188. The molecule has 128 valence electrons. The summed E-state index contributed by atoms with van der Waals surface area (Å²) in [6, 6.07) is 3.17. The van der Waals surface area contributed by atoms with Crippen LogP contribution in [0.25, 0.3) is 22.2 Å². The number of nitrogens with zero attached hydrogens (tertiary/aromatic N) is 3. The van der Waals surface area contributed by atoms with Crippen LogP contribution in [0.15, 0.2) is 30.9 Å². The Labute approximate surface area is 143 Å². The molecule has 1 aromatic carbocycles. The Kier molecular flexibility index (Phi) is 4.55. The summed E-state index contributed by atoms with van der Waals surface area (Å²) < 4.78 is 0. The first-order valence-corrected chi connectivity index (χ1v) is 7.68. The smallest absolute Gasteiger partial charge is 0.321 e. The molecule has 9 heteroatoms. The number of urea groups is 1. The summed E-state index contributed by atoms with van der Waals surface area (Å²) in [5, 5.41) is 7.82. The van der Waals surface area contributed by atoms with Crippen molar-refractivity contribution in [1.82, 2.24) is 30.6 Å². The summed E-state index contributed by atoms with van der Waals surface area (Å²) in [6.45, 7) is 2.31. The Morgan fingerprint density at radius 1 is 1.16 bits per heavy atom. The number of anilines is 1. The summed E-state index contributed by atoms with van der Waals surface area (Å²) >= 11 is 0. The van der Waals surface area contributed by atoms with E-state index in [2.05, 4.69) is 35.9 Å². The lowest BCUT2D eigenvalue weighted by atomic mass is 10.0. The van der Waals surface area contributed by atoms with Gasteiger partial charge in [0.2, 0.25) is 5.95 Å². The van der Waals surface area contributed by atoms with Crippen LogP contribution in [0.1, 0.15) is 17.3 Å². The zero-order valence-corrected chi connectivity index (χ0v) is 13.8. The maximum atomic E-state index is 12.2. The number of hydrogen-bond acceptors (Lipinski definition) is 5. The number of aromatic nitrogens is 4. The first-order chi connectivity index (χ1) is 12.1.